The first-order chi connectivity index (χ1) is 15.0. The predicted octanol–water partition coefficient (Wildman–Crippen LogP) is 1.38. The summed E-state index contributed by atoms with van der Waals surface area (Å²) in [4.78, 5) is 32.0. The van der Waals surface area contributed by atoms with Crippen molar-refractivity contribution in [1.29, 1.82) is 0 Å². The molecule has 9 nitrogen and oxygen atoms in total. The second-order valence-electron chi connectivity index (χ2n) is 7.98. The Labute approximate surface area is 180 Å². The number of rotatable bonds is 8. The minimum Gasteiger partial charge on any atom is -0.486 e. The summed E-state index contributed by atoms with van der Waals surface area (Å²) in [5.41, 5.74) is 0.231. The number of para-hydroxylation sites is 2. The fourth-order valence-electron chi connectivity index (χ4n) is 4.10. The zero-order chi connectivity index (χ0) is 22.0. The third kappa shape index (κ3) is 4.23. The Bertz CT molecular complexity index is 1180. The fraction of sp³-hybridized carbons (Fsp3) is 0.500. The number of hydrogen-bond acceptors (Lipinski definition) is 6. The van der Waals surface area contributed by atoms with E-state index in [-0.39, 0.29) is 17.4 Å². The number of imidazole rings is 1. The molecule has 3 heterocycles. The van der Waals surface area contributed by atoms with E-state index >= 15 is 0 Å². The van der Waals surface area contributed by atoms with E-state index in [1.54, 1.807) is 25.0 Å². The number of ether oxygens (including phenoxy) is 2. The number of nitrogens with zero attached hydrogens (tertiary/aromatic N) is 5. The monoisotopic (exact) mass is 427 g/mol. The van der Waals surface area contributed by atoms with Gasteiger partial charge in [-0.3, -0.25) is 18.8 Å². The molecule has 0 spiro atoms. The first-order valence-electron chi connectivity index (χ1n) is 10.7. The Balaban J connectivity index is 1.42. The van der Waals surface area contributed by atoms with Crippen molar-refractivity contribution in [3.8, 4) is 11.5 Å². The van der Waals surface area contributed by atoms with Crippen molar-refractivity contribution < 1.29 is 9.47 Å². The van der Waals surface area contributed by atoms with Crippen LogP contribution in [0.2, 0.25) is 0 Å². The van der Waals surface area contributed by atoms with Gasteiger partial charge in [-0.1, -0.05) is 19.1 Å². The number of aryl methyl sites for hydroxylation is 2. The van der Waals surface area contributed by atoms with E-state index in [1.165, 1.54) is 9.13 Å². The van der Waals surface area contributed by atoms with Gasteiger partial charge in [0.05, 0.1) is 6.33 Å². The van der Waals surface area contributed by atoms with Gasteiger partial charge in [-0.15, -0.1) is 0 Å². The third-order valence-corrected chi connectivity index (χ3v) is 5.63. The summed E-state index contributed by atoms with van der Waals surface area (Å²) >= 11 is 0. The summed E-state index contributed by atoms with van der Waals surface area (Å²) in [7, 11) is 3.41. The van der Waals surface area contributed by atoms with Crippen molar-refractivity contribution in [2.75, 3.05) is 26.2 Å². The van der Waals surface area contributed by atoms with E-state index in [1.807, 2.05) is 24.3 Å². The molecule has 3 aromatic rings. The molecular weight excluding hydrogens is 398 g/mol. The molecule has 0 aliphatic carbocycles. The molecule has 0 amide bonds. The molecule has 166 valence electrons. The Morgan fingerprint density at radius 3 is 2.71 bits per heavy atom. The van der Waals surface area contributed by atoms with E-state index in [9.17, 15) is 9.59 Å². The van der Waals surface area contributed by atoms with Gasteiger partial charge in [0.25, 0.3) is 5.56 Å². The topological polar surface area (TPSA) is 83.5 Å². The van der Waals surface area contributed by atoms with Gasteiger partial charge >= 0.3 is 5.69 Å². The summed E-state index contributed by atoms with van der Waals surface area (Å²) in [6.45, 7) is 5.41. The molecule has 1 aromatic carbocycles. The quantitative estimate of drug-likeness (QED) is 0.540. The molecule has 31 heavy (non-hydrogen) atoms. The maximum atomic E-state index is 12.9. The van der Waals surface area contributed by atoms with Crippen LogP contribution < -0.4 is 20.7 Å². The van der Waals surface area contributed by atoms with Crippen LogP contribution in [0, 0.1) is 0 Å². The average molecular weight is 428 g/mol. The molecule has 0 bridgehead atoms. The van der Waals surface area contributed by atoms with Crippen molar-refractivity contribution >= 4 is 11.2 Å². The minimum atomic E-state index is -0.334. The maximum absolute atomic E-state index is 12.9. The van der Waals surface area contributed by atoms with Crippen molar-refractivity contribution in [3.63, 3.8) is 0 Å². The van der Waals surface area contributed by atoms with Gasteiger partial charge in [0.15, 0.2) is 22.7 Å². The van der Waals surface area contributed by atoms with Gasteiger partial charge in [-0.05, 0) is 38.1 Å². The van der Waals surface area contributed by atoms with E-state index in [0.717, 1.165) is 37.6 Å². The Hall–Kier alpha value is -3.07. The molecule has 0 N–H and O–H groups in total. The average Bonchev–Trinajstić information content (AvgIpc) is 3.16. The molecule has 1 atom stereocenters. The lowest BCUT2D eigenvalue weighted by atomic mass is 10.2. The van der Waals surface area contributed by atoms with Crippen LogP contribution in [0.5, 0.6) is 11.5 Å². The van der Waals surface area contributed by atoms with Gasteiger partial charge in [-0.25, -0.2) is 9.78 Å². The number of aromatic nitrogens is 4. The van der Waals surface area contributed by atoms with Crippen LogP contribution in [0.1, 0.15) is 19.8 Å². The Morgan fingerprint density at radius 2 is 1.94 bits per heavy atom. The van der Waals surface area contributed by atoms with Crippen LogP contribution in [-0.4, -0.2) is 55.9 Å². The third-order valence-electron chi connectivity index (χ3n) is 5.63. The number of hydrogen-bond donors (Lipinski definition) is 0. The Morgan fingerprint density at radius 1 is 1.16 bits per heavy atom. The van der Waals surface area contributed by atoms with Crippen molar-refractivity contribution in [3.05, 3.63) is 51.4 Å². The molecule has 2 aromatic heterocycles. The van der Waals surface area contributed by atoms with Gasteiger partial charge in [0.1, 0.15) is 12.7 Å². The Kier molecular flexibility index (Phi) is 6.13. The molecule has 1 aliphatic heterocycles. The summed E-state index contributed by atoms with van der Waals surface area (Å²) in [5, 5.41) is 0. The normalized spacial score (nSPS) is 15.7. The highest BCUT2D eigenvalue weighted by Gasteiger charge is 2.23. The summed E-state index contributed by atoms with van der Waals surface area (Å²) in [6.07, 6.45) is 3.20. The number of benzene rings is 1. The zero-order valence-corrected chi connectivity index (χ0v) is 18.3. The lowest BCUT2D eigenvalue weighted by Crippen LogP contribution is -2.43. The highest BCUT2D eigenvalue weighted by molar-refractivity contribution is 5.69. The molecule has 0 radical (unpaired) electrons. The van der Waals surface area contributed by atoms with Crippen molar-refractivity contribution in [2.24, 2.45) is 14.1 Å². The summed E-state index contributed by atoms with van der Waals surface area (Å²) in [6, 6.07) is 7.70. The van der Waals surface area contributed by atoms with Crippen molar-refractivity contribution in [1.82, 2.24) is 23.6 Å². The van der Waals surface area contributed by atoms with Crippen LogP contribution in [-0.2, 0) is 20.6 Å². The molecule has 9 heteroatoms. The molecule has 4 rings (SSSR count). The van der Waals surface area contributed by atoms with Crippen LogP contribution in [0.15, 0.2) is 40.2 Å². The summed E-state index contributed by atoms with van der Waals surface area (Å²) < 4.78 is 16.3. The first kappa shape index (κ1) is 21.2. The summed E-state index contributed by atoms with van der Waals surface area (Å²) in [5.74, 6) is 1.55. The standard InChI is InChI=1S/C22H29N5O4/c1-4-10-26(13-16-14-30-17-8-5-6-9-18(17)31-16)11-7-12-27-21(28)19-20(23-15-24(19)2)25(3)22(27)29/h5-6,8-9,15-16H,4,7,10-14H2,1-3H3. The van der Waals surface area contributed by atoms with Crippen molar-refractivity contribution in [2.45, 2.75) is 32.4 Å². The number of fused-ring (bicyclic) bond motifs is 2. The molecule has 0 fully saturated rings. The highest BCUT2D eigenvalue weighted by Crippen LogP contribution is 2.31. The molecule has 1 aliphatic rings. The predicted molar refractivity (Wildman–Crippen MR) is 118 cm³/mol. The van der Waals surface area contributed by atoms with Gasteiger partial charge < -0.3 is 14.0 Å². The van der Waals surface area contributed by atoms with Crippen LogP contribution >= 0.6 is 0 Å². The smallest absolute Gasteiger partial charge is 0.332 e. The van der Waals surface area contributed by atoms with Crippen LogP contribution in [0.25, 0.3) is 11.2 Å². The van der Waals surface area contributed by atoms with Gasteiger partial charge in [-0.2, -0.15) is 0 Å². The largest absolute Gasteiger partial charge is 0.486 e. The lowest BCUT2D eigenvalue weighted by molar-refractivity contribution is 0.0579. The van der Waals surface area contributed by atoms with Crippen LogP contribution in [0.4, 0.5) is 0 Å². The highest BCUT2D eigenvalue weighted by atomic mass is 16.6. The van der Waals surface area contributed by atoms with E-state index in [2.05, 4.69) is 16.8 Å². The zero-order valence-electron chi connectivity index (χ0n) is 18.3. The molecule has 0 saturated carbocycles. The maximum Gasteiger partial charge on any atom is 0.332 e. The lowest BCUT2D eigenvalue weighted by Gasteiger charge is -2.31. The van der Waals surface area contributed by atoms with E-state index < -0.39 is 0 Å². The van der Waals surface area contributed by atoms with Gasteiger partial charge in [0, 0.05) is 27.2 Å². The SMILES string of the molecule is CCCN(CCCn1c(=O)c2c(ncn2C)n(C)c1=O)CC1COc2ccccc2O1. The fourth-order valence-corrected chi connectivity index (χ4v) is 4.10. The van der Waals surface area contributed by atoms with E-state index in [4.69, 9.17) is 9.47 Å². The molecule has 1 unspecified atom stereocenters. The second kappa shape index (κ2) is 8.97. The second-order valence-corrected chi connectivity index (χ2v) is 7.98. The molecular formula is C22H29N5O4. The van der Waals surface area contributed by atoms with E-state index in [0.29, 0.717) is 30.7 Å². The minimum absolute atomic E-state index is 0.0529. The van der Waals surface area contributed by atoms with Crippen LogP contribution in [0.3, 0.4) is 0 Å². The first-order valence-corrected chi connectivity index (χ1v) is 10.7. The molecule has 0 saturated heterocycles. The van der Waals surface area contributed by atoms with Gasteiger partial charge in [0.2, 0.25) is 0 Å².